The summed E-state index contributed by atoms with van der Waals surface area (Å²) in [6.07, 6.45) is 3.44. The zero-order chi connectivity index (χ0) is 22.3. The third-order valence-corrected chi connectivity index (χ3v) is 6.19. The van der Waals surface area contributed by atoms with Crippen molar-refractivity contribution in [2.75, 3.05) is 38.0 Å². The molecule has 1 saturated heterocycles. The van der Waals surface area contributed by atoms with Crippen molar-refractivity contribution in [2.45, 2.75) is 6.92 Å². The normalized spacial score (nSPS) is 14.6. The zero-order valence-corrected chi connectivity index (χ0v) is 18.7. The minimum Gasteiger partial charge on any atom is -0.337 e. The Hall–Kier alpha value is -3.36. The maximum Gasteiger partial charge on any atom is 0.246 e. The summed E-state index contributed by atoms with van der Waals surface area (Å²) in [6, 6.07) is 17.7. The molecule has 0 saturated carbocycles. The van der Waals surface area contributed by atoms with Crippen LogP contribution < -0.4 is 5.32 Å². The van der Waals surface area contributed by atoms with Crippen molar-refractivity contribution in [1.82, 2.24) is 20.0 Å². The van der Waals surface area contributed by atoms with Gasteiger partial charge in [0.25, 0.3) is 0 Å². The minimum absolute atomic E-state index is 0.00412. The van der Waals surface area contributed by atoms with E-state index < -0.39 is 0 Å². The molecule has 7 nitrogen and oxygen atoms in total. The summed E-state index contributed by atoms with van der Waals surface area (Å²) in [6.45, 7) is 4.80. The third-order valence-electron chi connectivity index (χ3n) is 5.32. The molecule has 8 heteroatoms. The largest absolute Gasteiger partial charge is 0.337 e. The van der Waals surface area contributed by atoms with Gasteiger partial charge in [0.2, 0.25) is 16.9 Å². The smallest absolute Gasteiger partial charge is 0.246 e. The second-order valence-corrected chi connectivity index (χ2v) is 8.60. The average molecular weight is 448 g/mol. The van der Waals surface area contributed by atoms with E-state index in [0.29, 0.717) is 31.3 Å². The van der Waals surface area contributed by atoms with Crippen LogP contribution in [0.25, 0.3) is 16.6 Å². The lowest BCUT2D eigenvalue weighted by Gasteiger charge is -2.33. The van der Waals surface area contributed by atoms with Crippen LogP contribution in [0, 0.1) is 6.92 Å². The summed E-state index contributed by atoms with van der Waals surface area (Å²) >= 11 is 1.37. The molecule has 0 bridgehead atoms. The molecule has 0 atom stereocenters. The van der Waals surface area contributed by atoms with Crippen LogP contribution >= 0.6 is 11.3 Å². The number of rotatable bonds is 6. The van der Waals surface area contributed by atoms with Crippen molar-refractivity contribution in [2.24, 2.45) is 0 Å². The first-order valence-corrected chi connectivity index (χ1v) is 11.3. The fourth-order valence-corrected chi connectivity index (χ4v) is 4.37. The molecule has 4 rings (SSSR count). The monoisotopic (exact) mass is 447 g/mol. The van der Waals surface area contributed by atoms with Gasteiger partial charge in [-0.2, -0.15) is 0 Å². The molecule has 2 aromatic carbocycles. The molecular weight excluding hydrogens is 422 g/mol. The number of anilines is 1. The first-order valence-electron chi connectivity index (χ1n) is 10.5. The molecule has 0 spiro atoms. The molecule has 1 aliphatic heterocycles. The van der Waals surface area contributed by atoms with Gasteiger partial charge in [-0.3, -0.25) is 19.8 Å². The molecule has 1 N–H and O–H groups in total. The highest BCUT2D eigenvalue weighted by Gasteiger charge is 2.21. The quantitative estimate of drug-likeness (QED) is 0.587. The van der Waals surface area contributed by atoms with Gasteiger partial charge in [-0.25, -0.2) is 0 Å². The lowest BCUT2D eigenvalue weighted by Crippen LogP contribution is -2.50. The van der Waals surface area contributed by atoms with E-state index in [1.807, 2.05) is 77.4 Å². The summed E-state index contributed by atoms with van der Waals surface area (Å²) < 4.78 is 0. The van der Waals surface area contributed by atoms with E-state index in [1.54, 1.807) is 6.08 Å². The van der Waals surface area contributed by atoms with Gasteiger partial charge in [0.1, 0.15) is 5.01 Å². The van der Waals surface area contributed by atoms with Crippen molar-refractivity contribution in [3.05, 3.63) is 71.8 Å². The van der Waals surface area contributed by atoms with E-state index >= 15 is 0 Å². The van der Waals surface area contributed by atoms with Crippen LogP contribution in [0.15, 0.2) is 60.7 Å². The van der Waals surface area contributed by atoms with Crippen LogP contribution in [-0.4, -0.2) is 64.5 Å². The Morgan fingerprint density at radius 1 is 1.00 bits per heavy atom. The van der Waals surface area contributed by atoms with Gasteiger partial charge < -0.3 is 4.90 Å². The average Bonchev–Trinajstić information content (AvgIpc) is 3.27. The molecule has 2 amide bonds. The Morgan fingerprint density at radius 2 is 1.72 bits per heavy atom. The van der Waals surface area contributed by atoms with Crippen LogP contribution in [0.5, 0.6) is 0 Å². The topological polar surface area (TPSA) is 78.4 Å². The minimum atomic E-state index is -0.124. The third kappa shape index (κ3) is 5.66. The van der Waals surface area contributed by atoms with Gasteiger partial charge in [-0.1, -0.05) is 65.9 Å². The van der Waals surface area contributed by atoms with Gasteiger partial charge >= 0.3 is 0 Å². The van der Waals surface area contributed by atoms with Gasteiger partial charge in [-0.15, -0.1) is 10.2 Å². The first kappa shape index (κ1) is 21.9. The van der Waals surface area contributed by atoms with Gasteiger partial charge in [0.05, 0.1) is 6.54 Å². The fourth-order valence-electron chi connectivity index (χ4n) is 3.52. The van der Waals surface area contributed by atoms with Crippen molar-refractivity contribution in [1.29, 1.82) is 0 Å². The zero-order valence-electron chi connectivity index (χ0n) is 17.9. The Balaban J connectivity index is 1.24. The molecule has 3 aromatic rings. The highest BCUT2D eigenvalue weighted by atomic mass is 32.1. The number of aromatic nitrogens is 2. The highest BCUT2D eigenvalue weighted by Crippen LogP contribution is 2.28. The molecule has 32 heavy (non-hydrogen) atoms. The van der Waals surface area contributed by atoms with Crippen LogP contribution in [0.3, 0.4) is 0 Å². The number of amides is 2. The predicted molar refractivity (Wildman–Crippen MR) is 127 cm³/mol. The molecule has 0 radical (unpaired) electrons. The maximum atomic E-state index is 12.5. The van der Waals surface area contributed by atoms with E-state index in [-0.39, 0.29) is 18.4 Å². The van der Waals surface area contributed by atoms with Crippen molar-refractivity contribution in [3.63, 3.8) is 0 Å². The Morgan fingerprint density at radius 3 is 2.47 bits per heavy atom. The SMILES string of the molecule is Cc1ccccc1-c1nnc(NC(=O)CN2CCN(C(=O)/C=C/c3ccccc3)CC2)s1. The lowest BCUT2D eigenvalue weighted by molar-refractivity contribution is -0.127. The lowest BCUT2D eigenvalue weighted by atomic mass is 10.1. The number of piperazine rings is 1. The number of aryl methyl sites for hydroxylation is 1. The van der Waals surface area contributed by atoms with Crippen LogP contribution in [0.4, 0.5) is 5.13 Å². The highest BCUT2D eigenvalue weighted by molar-refractivity contribution is 7.18. The Labute approximate surface area is 191 Å². The van der Waals surface area contributed by atoms with Crippen molar-refractivity contribution >= 4 is 34.4 Å². The van der Waals surface area contributed by atoms with Crippen LogP contribution in [0.2, 0.25) is 0 Å². The van der Waals surface area contributed by atoms with Gasteiger partial charge in [-0.05, 0) is 24.1 Å². The summed E-state index contributed by atoms with van der Waals surface area (Å²) in [5, 5.41) is 12.4. The maximum absolute atomic E-state index is 12.5. The van der Waals surface area contributed by atoms with Crippen molar-refractivity contribution in [3.8, 4) is 10.6 Å². The van der Waals surface area contributed by atoms with E-state index in [9.17, 15) is 9.59 Å². The second kappa shape index (κ2) is 10.3. The number of carbonyl (C=O) groups is 2. The van der Waals surface area contributed by atoms with Crippen molar-refractivity contribution < 1.29 is 9.59 Å². The number of benzene rings is 2. The number of nitrogens with zero attached hydrogens (tertiary/aromatic N) is 4. The molecular formula is C24H25N5O2S. The van der Waals surface area contributed by atoms with E-state index in [0.717, 1.165) is 21.7 Å². The van der Waals surface area contributed by atoms with Crippen LogP contribution in [-0.2, 0) is 9.59 Å². The predicted octanol–water partition coefficient (Wildman–Crippen LogP) is 3.31. The summed E-state index contributed by atoms with van der Waals surface area (Å²) in [7, 11) is 0. The molecule has 2 heterocycles. The Kier molecular flexibility index (Phi) is 7.03. The number of hydrogen-bond donors (Lipinski definition) is 1. The van der Waals surface area contributed by atoms with E-state index in [1.165, 1.54) is 11.3 Å². The van der Waals surface area contributed by atoms with Crippen LogP contribution in [0.1, 0.15) is 11.1 Å². The number of nitrogens with one attached hydrogen (secondary N) is 1. The van der Waals surface area contributed by atoms with Gasteiger partial charge in [0, 0.05) is 37.8 Å². The molecule has 1 fully saturated rings. The summed E-state index contributed by atoms with van der Waals surface area (Å²) in [5.74, 6) is -0.128. The number of carbonyl (C=O) groups excluding carboxylic acids is 2. The van der Waals surface area contributed by atoms with Gasteiger partial charge in [0.15, 0.2) is 0 Å². The summed E-state index contributed by atoms with van der Waals surface area (Å²) in [5.41, 5.74) is 3.14. The second-order valence-electron chi connectivity index (χ2n) is 7.62. The molecule has 1 aliphatic rings. The van der Waals surface area contributed by atoms with E-state index in [2.05, 4.69) is 15.5 Å². The summed E-state index contributed by atoms with van der Waals surface area (Å²) in [4.78, 5) is 28.7. The van der Waals surface area contributed by atoms with E-state index in [4.69, 9.17) is 0 Å². The molecule has 164 valence electrons. The standard InChI is InChI=1S/C24H25N5O2S/c1-18-7-5-6-10-20(18)23-26-27-24(32-23)25-21(30)17-28-13-15-29(16-14-28)22(31)12-11-19-8-3-2-4-9-19/h2-12H,13-17H2,1H3,(H,25,27,30)/b12-11+. The fraction of sp³-hybridized carbons (Fsp3) is 0.250. The first-order chi connectivity index (χ1) is 15.6. The molecule has 0 aliphatic carbocycles. The molecule has 0 unspecified atom stereocenters. The Bertz CT molecular complexity index is 1100. The number of hydrogen-bond acceptors (Lipinski definition) is 6. The molecule has 1 aromatic heterocycles.